The molecule has 1 heterocycles. The Kier molecular flexibility index (Phi) is 4.13. The second-order valence-corrected chi connectivity index (χ2v) is 7.29. The molecule has 1 unspecified atom stereocenters. The van der Waals surface area contributed by atoms with Crippen LogP contribution in [0.4, 0.5) is 0 Å². The van der Waals surface area contributed by atoms with E-state index in [0.717, 1.165) is 0 Å². The number of hydrogen-bond acceptors (Lipinski definition) is 5. The maximum atomic E-state index is 6.19. The molecule has 0 radical (unpaired) electrons. The standard InChI is InChI=1S/C14H27N3O2/c1-12(2,3)9(18-8)10-16-11(19-17-10)13(4,5)14(6,7)15/h9H,15H2,1-8H3. The molecule has 0 spiro atoms. The third-order valence-electron chi connectivity index (χ3n) is 3.84. The topological polar surface area (TPSA) is 74.2 Å². The number of ether oxygens (including phenoxy) is 1. The van der Waals surface area contributed by atoms with Crippen LogP contribution in [0.2, 0.25) is 0 Å². The SMILES string of the molecule is COC(c1noc(C(C)(C)C(C)(C)N)n1)C(C)(C)C. The fourth-order valence-electron chi connectivity index (χ4n) is 1.72. The van der Waals surface area contributed by atoms with Gasteiger partial charge in [-0.1, -0.05) is 25.9 Å². The van der Waals surface area contributed by atoms with E-state index in [9.17, 15) is 0 Å². The molecule has 0 aromatic carbocycles. The molecule has 0 aliphatic rings. The molecular formula is C14H27N3O2. The summed E-state index contributed by atoms with van der Waals surface area (Å²) >= 11 is 0. The summed E-state index contributed by atoms with van der Waals surface area (Å²) in [4.78, 5) is 4.50. The summed E-state index contributed by atoms with van der Waals surface area (Å²) in [7, 11) is 1.66. The lowest BCUT2D eigenvalue weighted by molar-refractivity contribution is 0.00718. The van der Waals surface area contributed by atoms with Gasteiger partial charge in [0.1, 0.15) is 6.10 Å². The Morgan fingerprint density at radius 2 is 1.63 bits per heavy atom. The summed E-state index contributed by atoms with van der Waals surface area (Å²) in [6, 6.07) is 0. The van der Waals surface area contributed by atoms with E-state index in [0.29, 0.717) is 11.7 Å². The van der Waals surface area contributed by atoms with Crippen molar-refractivity contribution in [2.75, 3.05) is 7.11 Å². The largest absolute Gasteiger partial charge is 0.373 e. The van der Waals surface area contributed by atoms with Gasteiger partial charge < -0.3 is 15.0 Å². The first kappa shape index (κ1) is 16.1. The maximum absolute atomic E-state index is 6.19. The van der Waals surface area contributed by atoms with Gasteiger partial charge in [0.25, 0.3) is 0 Å². The average molecular weight is 269 g/mol. The van der Waals surface area contributed by atoms with Crippen LogP contribution in [0.3, 0.4) is 0 Å². The lowest BCUT2D eigenvalue weighted by atomic mass is 9.75. The zero-order chi connectivity index (χ0) is 15.1. The van der Waals surface area contributed by atoms with Gasteiger partial charge in [-0.15, -0.1) is 0 Å². The summed E-state index contributed by atoms with van der Waals surface area (Å²) in [6.45, 7) is 14.1. The second kappa shape index (κ2) is 4.87. The molecule has 110 valence electrons. The summed E-state index contributed by atoms with van der Waals surface area (Å²) in [5.74, 6) is 1.11. The van der Waals surface area contributed by atoms with Crippen LogP contribution in [0.25, 0.3) is 0 Å². The van der Waals surface area contributed by atoms with E-state index in [-0.39, 0.29) is 11.5 Å². The van der Waals surface area contributed by atoms with Crippen molar-refractivity contribution in [3.8, 4) is 0 Å². The minimum atomic E-state index is -0.457. The molecule has 0 saturated carbocycles. The van der Waals surface area contributed by atoms with Crippen LogP contribution in [-0.2, 0) is 10.2 Å². The molecule has 5 heteroatoms. The third kappa shape index (κ3) is 3.15. The Bertz CT molecular complexity index is 425. The van der Waals surface area contributed by atoms with Crippen molar-refractivity contribution in [1.29, 1.82) is 0 Å². The quantitative estimate of drug-likeness (QED) is 0.909. The summed E-state index contributed by atoms with van der Waals surface area (Å²) in [5.41, 5.74) is 5.23. The van der Waals surface area contributed by atoms with Crippen LogP contribution in [0, 0.1) is 5.41 Å². The lowest BCUT2D eigenvalue weighted by Gasteiger charge is -2.34. The molecule has 0 aliphatic heterocycles. The maximum Gasteiger partial charge on any atom is 0.234 e. The first-order valence-electron chi connectivity index (χ1n) is 6.57. The van der Waals surface area contributed by atoms with Crippen molar-refractivity contribution < 1.29 is 9.26 Å². The molecule has 1 atom stereocenters. The van der Waals surface area contributed by atoms with Crippen molar-refractivity contribution in [3.63, 3.8) is 0 Å². The van der Waals surface area contributed by atoms with Gasteiger partial charge in [0, 0.05) is 12.6 Å². The van der Waals surface area contributed by atoms with Crippen molar-refractivity contribution in [2.45, 2.75) is 65.5 Å². The zero-order valence-corrected chi connectivity index (χ0v) is 13.4. The molecule has 1 rings (SSSR count). The van der Waals surface area contributed by atoms with Gasteiger partial charge in [0.2, 0.25) is 11.7 Å². The van der Waals surface area contributed by atoms with E-state index >= 15 is 0 Å². The van der Waals surface area contributed by atoms with Gasteiger partial charge >= 0.3 is 0 Å². The Morgan fingerprint density at radius 1 is 1.11 bits per heavy atom. The molecule has 1 aromatic heterocycles. The first-order chi connectivity index (χ1) is 8.41. The van der Waals surface area contributed by atoms with E-state index in [4.69, 9.17) is 15.0 Å². The number of rotatable bonds is 4. The molecule has 5 nitrogen and oxygen atoms in total. The molecule has 0 amide bonds. The number of nitrogens with zero attached hydrogens (tertiary/aromatic N) is 2. The van der Waals surface area contributed by atoms with Crippen LogP contribution in [-0.4, -0.2) is 22.8 Å². The van der Waals surface area contributed by atoms with E-state index in [1.54, 1.807) is 7.11 Å². The highest BCUT2D eigenvalue weighted by Crippen LogP contribution is 2.36. The van der Waals surface area contributed by atoms with Gasteiger partial charge in [-0.3, -0.25) is 0 Å². The number of methoxy groups -OCH3 is 1. The van der Waals surface area contributed by atoms with Gasteiger partial charge in [0.15, 0.2) is 0 Å². The fraction of sp³-hybridized carbons (Fsp3) is 0.857. The highest BCUT2D eigenvalue weighted by Gasteiger charge is 2.41. The molecule has 19 heavy (non-hydrogen) atoms. The van der Waals surface area contributed by atoms with Crippen LogP contribution in [0.5, 0.6) is 0 Å². The Labute approximate surface area is 115 Å². The summed E-state index contributed by atoms with van der Waals surface area (Å²) in [5, 5.41) is 4.07. The Hall–Kier alpha value is -0.940. The number of nitrogens with two attached hydrogens (primary N) is 1. The lowest BCUT2D eigenvalue weighted by Crippen LogP contribution is -2.50. The monoisotopic (exact) mass is 269 g/mol. The van der Waals surface area contributed by atoms with Gasteiger partial charge in [0.05, 0.1) is 5.41 Å². The van der Waals surface area contributed by atoms with Crippen LogP contribution in [0.1, 0.15) is 66.3 Å². The second-order valence-electron chi connectivity index (χ2n) is 7.29. The van der Waals surface area contributed by atoms with E-state index in [1.165, 1.54) is 0 Å². The van der Waals surface area contributed by atoms with Crippen LogP contribution < -0.4 is 5.73 Å². The molecule has 0 saturated heterocycles. The fourth-order valence-corrected chi connectivity index (χ4v) is 1.72. The minimum Gasteiger partial charge on any atom is -0.373 e. The molecule has 1 aromatic rings. The smallest absolute Gasteiger partial charge is 0.234 e. The predicted molar refractivity (Wildman–Crippen MR) is 74.8 cm³/mol. The van der Waals surface area contributed by atoms with E-state index < -0.39 is 11.0 Å². The number of hydrogen-bond donors (Lipinski definition) is 1. The number of aromatic nitrogens is 2. The van der Waals surface area contributed by atoms with Crippen molar-refractivity contribution in [1.82, 2.24) is 10.1 Å². The Morgan fingerprint density at radius 3 is 2.00 bits per heavy atom. The normalized spacial score (nSPS) is 15.6. The van der Waals surface area contributed by atoms with E-state index in [1.807, 2.05) is 27.7 Å². The minimum absolute atomic E-state index is 0.0989. The third-order valence-corrected chi connectivity index (χ3v) is 3.84. The Balaban J connectivity index is 3.13. The first-order valence-corrected chi connectivity index (χ1v) is 6.57. The zero-order valence-electron chi connectivity index (χ0n) is 13.4. The highest BCUT2D eigenvalue weighted by atomic mass is 16.5. The van der Waals surface area contributed by atoms with E-state index in [2.05, 4.69) is 30.9 Å². The van der Waals surface area contributed by atoms with Crippen molar-refractivity contribution in [2.24, 2.45) is 11.1 Å². The van der Waals surface area contributed by atoms with Crippen molar-refractivity contribution >= 4 is 0 Å². The average Bonchev–Trinajstić information content (AvgIpc) is 2.64. The molecule has 0 fully saturated rings. The van der Waals surface area contributed by atoms with Crippen molar-refractivity contribution in [3.05, 3.63) is 11.7 Å². The summed E-state index contributed by atoms with van der Waals surface area (Å²) in [6.07, 6.45) is -0.207. The predicted octanol–water partition coefficient (Wildman–Crippen LogP) is 2.82. The highest BCUT2D eigenvalue weighted by molar-refractivity contribution is 5.12. The van der Waals surface area contributed by atoms with Gasteiger partial charge in [-0.05, 0) is 33.1 Å². The molecular weight excluding hydrogens is 242 g/mol. The van der Waals surface area contributed by atoms with Crippen LogP contribution >= 0.6 is 0 Å². The van der Waals surface area contributed by atoms with Gasteiger partial charge in [-0.25, -0.2) is 0 Å². The molecule has 0 aliphatic carbocycles. The molecule has 0 bridgehead atoms. The molecule has 2 N–H and O–H groups in total. The van der Waals surface area contributed by atoms with Crippen LogP contribution in [0.15, 0.2) is 4.52 Å². The van der Waals surface area contributed by atoms with Gasteiger partial charge in [-0.2, -0.15) is 4.98 Å². The summed E-state index contributed by atoms with van der Waals surface area (Å²) < 4.78 is 10.9.